The van der Waals surface area contributed by atoms with Crippen molar-refractivity contribution in [2.24, 2.45) is 11.1 Å². The van der Waals surface area contributed by atoms with Gasteiger partial charge in [-0.05, 0) is 25.8 Å². The van der Waals surface area contributed by atoms with Gasteiger partial charge in [0.2, 0.25) is 5.91 Å². The van der Waals surface area contributed by atoms with E-state index in [4.69, 9.17) is 10.5 Å². The Bertz CT molecular complexity index is 449. The maximum atomic E-state index is 12.7. The number of carbonyl (C=O) groups excluding carboxylic acids is 1. The van der Waals surface area contributed by atoms with E-state index < -0.39 is 5.41 Å². The van der Waals surface area contributed by atoms with Crippen molar-refractivity contribution in [2.45, 2.75) is 26.3 Å². The first-order valence-electron chi connectivity index (χ1n) is 7.24. The number of likely N-dealkylation sites (N-methyl/N-ethyl adjacent to an activating group) is 1. The van der Waals surface area contributed by atoms with Crippen molar-refractivity contribution in [3.05, 3.63) is 35.9 Å². The second-order valence-electron chi connectivity index (χ2n) is 5.66. The predicted octanol–water partition coefficient (Wildman–Crippen LogP) is 1.44. The van der Waals surface area contributed by atoms with Crippen LogP contribution >= 0.6 is 0 Å². The van der Waals surface area contributed by atoms with Gasteiger partial charge in [-0.15, -0.1) is 0 Å². The molecule has 1 aliphatic heterocycles. The van der Waals surface area contributed by atoms with Crippen LogP contribution in [0.1, 0.15) is 19.4 Å². The molecule has 1 aromatic carbocycles. The molecule has 4 heteroatoms. The van der Waals surface area contributed by atoms with E-state index in [-0.39, 0.29) is 11.9 Å². The van der Waals surface area contributed by atoms with Crippen LogP contribution in [0.2, 0.25) is 0 Å². The zero-order valence-corrected chi connectivity index (χ0v) is 12.3. The molecule has 1 amide bonds. The van der Waals surface area contributed by atoms with E-state index in [1.807, 2.05) is 36.9 Å². The molecule has 1 aliphatic rings. The highest BCUT2D eigenvalue weighted by molar-refractivity contribution is 5.83. The molecule has 2 rings (SSSR count). The lowest BCUT2D eigenvalue weighted by atomic mass is 9.84. The maximum absolute atomic E-state index is 12.7. The Morgan fingerprint density at radius 2 is 2.15 bits per heavy atom. The van der Waals surface area contributed by atoms with E-state index in [0.29, 0.717) is 19.8 Å². The zero-order valence-electron chi connectivity index (χ0n) is 12.3. The van der Waals surface area contributed by atoms with E-state index in [1.165, 1.54) is 5.56 Å². The molecule has 0 aliphatic carbocycles. The van der Waals surface area contributed by atoms with Gasteiger partial charge in [0, 0.05) is 19.1 Å². The largest absolute Gasteiger partial charge is 0.379 e. The Hall–Kier alpha value is -1.39. The van der Waals surface area contributed by atoms with E-state index in [0.717, 1.165) is 13.0 Å². The quantitative estimate of drug-likeness (QED) is 0.885. The third-order valence-electron chi connectivity index (χ3n) is 4.19. The standard InChI is InChI=1S/C16H24N2O2/c1-3-18(10-9-13-7-5-4-6-8-13)15(19)16(2)12-20-11-14(16)17/h4-8,14H,3,9-12,17H2,1-2H3. The minimum atomic E-state index is -0.577. The van der Waals surface area contributed by atoms with Crippen LogP contribution in [0.5, 0.6) is 0 Å². The van der Waals surface area contributed by atoms with Gasteiger partial charge >= 0.3 is 0 Å². The molecule has 0 bridgehead atoms. The molecule has 2 N–H and O–H groups in total. The summed E-state index contributed by atoms with van der Waals surface area (Å²) in [4.78, 5) is 14.6. The molecule has 1 saturated heterocycles. The molecule has 2 unspecified atom stereocenters. The van der Waals surface area contributed by atoms with Crippen molar-refractivity contribution >= 4 is 5.91 Å². The molecule has 0 radical (unpaired) electrons. The second-order valence-corrected chi connectivity index (χ2v) is 5.66. The number of hydrogen-bond donors (Lipinski definition) is 1. The number of nitrogens with zero attached hydrogens (tertiary/aromatic N) is 1. The Morgan fingerprint density at radius 3 is 2.70 bits per heavy atom. The lowest BCUT2D eigenvalue weighted by Gasteiger charge is -2.32. The Balaban J connectivity index is 1.99. The van der Waals surface area contributed by atoms with Crippen molar-refractivity contribution in [1.82, 2.24) is 4.90 Å². The van der Waals surface area contributed by atoms with Crippen LogP contribution in [0, 0.1) is 5.41 Å². The van der Waals surface area contributed by atoms with Gasteiger partial charge in [-0.25, -0.2) is 0 Å². The smallest absolute Gasteiger partial charge is 0.232 e. The van der Waals surface area contributed by atoms with Gasteiger partial charge in [0.05, 0.1) is 18.6 Å². The SMILES string of the molecule is CCN(CCc1ccccc1)C(=O)C1(C)COCC1N. The number of benzene rings is 1. The first-order valence-corrected chi connectivity index (χ1v) is 7.24. The van der Waals surface area contributed by atoms with Crippen molar-refractivity contribution in [1.29, 1.82) is 0 Å². The minimum absolute atomic E-state index is 0.112. The molecule has 110 valence electrons. The van der Waals surface area contributed by atoms with Crippen molar-refractivity contribution in [2.75, 3.05) is 26.3 Å². The normalized spacial score (nSPS) is 25.6. The van der Waals surface area contributed by atoms with Gasteiger partial charge in [0.25, 0.3) is 0 Å². The van der Waals surface area contributed by atoms with E-state index in [9.17, 15) is 4.79 Å². The van der Waals surface area contributed by atoms with Gasteiger partial charge in [0.1, 0.15) is 0 Å². The van der Waals surface area contributed by atoms with Gasteiger partial charge in [-0.1, -0.05) is 30.3 Å². The van der Waals surface area contributed by atoms with Crippen molar-refractivity contribution in [3.8, 4) is 0 Å². The number of nitrogens with two attached hydrogens (primary N) is 1. The fourth-order valence-electron chi connectivity index (χ4n) is 2.58. The summed E-state index contributed by atoms with van der Waals surface area (Å²) in [7, 11) is 0. The highest BCUT2D eigenvalue weighted by Crippen LogP contribution is 2.29. The third kappa shape index (κ3) is 3.02. The molecule has 1 heterocycles. The highest BCUT2D eigenvalue weighted by atomic mass is 16.5. The monoisotopic (exact) mass is 276 g/mol. The van der Waals surface area contributed by atoms with E-state index in [1.54, 1.807) is 0 Å². The second kappa shape index (κ2) is 6.37. The molecule has 2 atom stereocenters. The Labute approximate surface area is 120 Å². The summed E-state index contributed by atoms with van der Waals surface area (Å²) in [5.74, 6) is 0.112. The number of carbonyl (C=O) groups is 1. The first-order chi connectivity index (χ1) is 9.58. The molecule has 1 fully saturated rings. The average Bonchev–Trinajstić information content (AvgIpc) is 2.81. The van der Waals surface area contributed by atoms with E-state index in [2.05, 4.69) is 12.1 Å². The molecular formula is C16H24N2O2. The number of hydrogen-bond acceptors (Lipinski definition) is 3. The summed E-state index contributed by atoms with van der Waals surface area (Å²) in [5, 5.41) is 0. The van der Waals surface area contributed by atoms with Gasteiger partial charge in [-0.3, -0.25) is 4.79 Å². The number of amides is 1. The molecule has 1 aromatic rings. The zero-order chi connectivity index (χ0) is 14.6. The Kier molecular flexibility index (Phi) is 4.78. The third-order valence-corrected chi connectivity index (χ3v) is 4.19. The molecule has 0 saturated carbocycles. The number of rotatable bonds is 5. The summed E-state index contributed by atoms with van der Waals surface area (Å²) < 4.78 is 5.38. The van der Waals surface area contributed by atoms with Crippen LogP contribution in [-0.2, 0) is 16.0 Å². The average molecular weight is 276 g/mol. The number of ether oxygens (including phenoxy) is 1. The van der Waals surface area contributed by atoms with Crippen LogP contribution in [0.4, 0.5) is 0 Å². The lowest BCUT2D eigenvalue weighted by Crippen LogP contribution is -2.51. The lowest BCUT2D eigenvalue weighted by molar-refractivity contribution is -0.141. The van der Waals surface area contributed by atoms with Gasteiger partial charge < -0.3 is 15.4 Å². The van der Waals surface area contributed by atoms with Crippen LogP contribution in [0.25, 0.3) is 0 Å². The van der Waals surface area contributed by atoms with Gasteiger partial charge in [-0.2, -0.15) is 0 Å². The fourth-order valence-corrected chi connectivity index (χ4v) is 2.58. The molecule has 0 aromatic heterocycles. The molecule has 0 spiro atoms. The summed E-state index contributed by atoms with van der Waals surface area (Å²) >= 11 is 0. The summed E-state index contributed by atoms with van der Waals surface area (Å²) in [6, 6.07) is 10.0. The fraction of sp³-hybridized carbons (Fsp3) is 0.562. The molecule has 4 nitrogen and oxygen atoms in total. The van der Waals surface area contributed by atoms with Crippen LogP contribution in [0.15, 0.2) is 30.3 Å². The predicted molar refractivity (Wildman–Crippen MR) is 79.3 cm³/mol. The van der Waals surface area contributed by atoms with Crippen LogP contribution in [-0.4, -0.2) is 43.2 Å². The Morgan fingerprint density at radius 1 is 1.45 bits per heavy atom. The minimum Gasteiger partial charge on any atom is -0.379 e. The van der Waals surface area contributed by atoms with Crippen molar-refractivity contribution < 1.29 is 9.53 Å². The molecule has 20 heavy (non-hydrogen) atoms. The topological polar surface area (TPSA) is 55.6 Å². The van der Waals surface area contributed by atoms with Crippen molar-refractivity contribution in [3.63, 3.8) is 0 Å². The van der Waals surface area contributed by atoms with Crippen LogP contribution < -0.4 is 5.73 Å². The summed E-state index contributed by atoms with van der Waals surface area (Å²) in [6.45, 7) is 6.24. The first kappa shape index (κ1) is 15.0. The molecular weight excluding hydrogens is 252 g/mol. The summed E-state index contributed by atoms with van der Waals surface area (Å²) in [6.07, 6.45) is 0.868. The highest BCUT2D eigenvalue weighted by Gasteiger charge is 2.46. The van der Waals surface area contributed by atoms with Gasteiger partial charge in [0.15, 0.2) is 0 Å². The summed E-state index contributed by atoms with van der Waals surface area (Å²) in [5.41, 5.74) is 6.71. The van der Waals surface area contributed by atoms with E-state index >= 15 is 0 Å². The maximum Gasteiger partial charge on any atom is 0.232 e. The van der Waals surface area contributed by atoms with Crippen LogP contribution in [0.3, 0.4) is 0 Å².